The highest BCUT2D eigenvalue weighted by molar-refractivity contribution is 6.34. The van der Waals surface area contributed by atoms with E-state index in [9.17, 15) is 4.79 Å². The number of Topliss-reactive ketones (excluding diaryl/α,β-unsaturated/α-hetero) is 1. The molecule has 0 aliphatic heterocycles. The van der Waals surface area contributed by atoms with Crippen LogP contribution in [0.3, 0.4) is 0 Å². The van der Waals surface area contributed by atoms with Gasteiger partial charge in [0.25, 0.3) is 0 Å². The van der Waals surface area contributed by atoms with Gasteiger partial charge in [-0.25, -0.2) is 0 Å². The fourth-order valence-corrected chi connectivity index (χ4v) is 1.53. The molecule has 0 aliphatic carbocycles. The third kappa shape index (κ3) is 2.01. The van der Waals surface area contributed by atoms with Crippen molar-refractivity contribution in [3.05, 3.63) is 28.3 Å². The average Bonchev–Trinajstić information content (AvgIpc) is 2.07. The summed E-state index contributed by atoms with van der Waals surface area (Å²) in [5, 5.41) is 0.485. The Bertz CT molecular complexity index is 347. The normalized spacial score (nSPS) is 10.1. The monoisotopic (exact) mass is 197 g/mol. The smallest absolute Gasteiger partial charge is 0.161 e. The fraction of sp³-hybridized carbons (Fsp3) is 0.300. The quantitative estimate of drug-likeness (QED) is 0.585. The molecule has 0 heterocycles. The third-order valence-electron chi connectivity index (χ3n) is 1.99. The molecule has 0 fully saturated rings. The fourth-order valence-electron chi connectivity index (χ4n) is 1.21. The molecule has 0 unspecified atom stereocenters. The van der Waals surface area contributed by atoms with E-state index in [-0.39, 0.29) is 5.78 Å². The molecule has 2 nitrogen and oxygen atoms in total. The lowest BCUT2D eigenvalue weighted by molar-refractivity contribution is 0.101. The summed E-state index contributed by atoms with van der Waals surface area (Å²) in [5.74, 6) is -0.0562. The van der Waals surface area contributed by atoms with E-state index < -0.39 is 0 Å². The Balaban J connectivity index is 3.28. The van der Waals surface area contributed by atoms with Gasteiger partial charge in [-0.3, -0.25) is 4.79 Å². The summed E-state index contributed by atoms with van der Waals surface area (Å²) in [4.78, 5) is 11.1. The van der Waals surface area contributed by atoms with Crippen LogP contribution in [0.1, 0.15) is 29.8 Å². The van der Waals surface area contributed by atoms with Gasteiger partial charge in [0.2, 0.25) is 0 Å². The number of hydrogen-bond acceptors (Lipinski definition) is 2. The minimum atomic E-state index is -0.0562. The first-order valence-corrected chi connectivity index (χ1v) is 4.53. The molecule has 0 saturated heterocycles. The maximum atomic E-state index is 11.1. The number of rotatable bonds is 2. The predicted octanol–water partition coefficient (Wildman–Crippen LogP) is 2.69. The summed E-state index contributed by atoms with van der Waals surface area (Å²) >= 11 is 5.90. The van der Waals surface area contributed by atoms with Crippen molar-refractivity contribution in [3.63, 3.8) is 0 Å². The predicted molar refractivity (Wildman–Crippen MR) is 55.2 cm³/mol. The maximum absolute atomic E-state index is 11.1. The van der Waals surface area contributed by atoms with Crippen molar-refractivity contribution >= 4 is 23.1 Å². The van der Waals surface area contributed by atoms with Crippen LogP contribution in [-0.4, -0.2) is 5.78 Å². The molecule has 0 saturated carbocycles. The van der Waals surface area contributed by atoms with Gasteiger partial charge in [0, 0.05) is 11.3 Å². The van der Waals surface area contributed by atoms with Crippen LogP contribution in [0.25, 0.3) is 0 Å². The first kappa shape index (κ1) is 10.1. The van der Waals surface area contributed by atoms with E-state index in [1.165, 1.54) is 6.92 Å². The Hall–Kier alpha value is -1.02. The molecule has 1 rings (SSSR count). The highest BCUT2D eigenvalue weighted by atomic mass is 35.5. The number of aryl methyl sites for hydroxylation is 1. The van der Waals surface area contributed by atoms with Gasteiger partial charge in [0.1, 0.15) is 0 Å². The van der Waals surface area contributed by atoms with Crippen molar-refractivity contribution in [1.82, 2.24) is 0 Å². The van der Waals surface area contributed by atoms with Gasteiger partial charge in [-0.05, 0) is 31.0 Å². The van der Waals surface area contributed by atoms with Crippen LogP contribution < -0.4 is 5.73 Å². The van der Waals surface area contributed by atoms with E-state index in [0.717, 1.165) is 12.0 Å². The van der Waals surface area contributed by atoms with E-state index in [0.29, 0.717) is 16.3 Å². The molecule has 13 heavy (non-hydrogen) atoms. The largest absolute Gasteiger partial charge is 0.398 e. The van der Waals surface area contributed by atoms with Crippen LogP contribution in [0.2, 0.25) is 5.02 Å². The van der Waals surface area contributed by atoms with Crippen LogP contribution in [-0.2, 0) is 6.42 Å². The summed E-state index contributed by atoms with van der Waals surface area (Å²) in [7, 11) is 0. The van der Waals surface area contributed by atoms with Crippen molar-refractivity contribution in [2.45, 2.75) is 20.3 Å². The molecule has 3 heteroatoms. The molecule has 0 radical (unpaired) electrons. The highest BCUT2D eigenvalue weighted by Gasteiger charge is 2.08. The van der Waals surface area contributed by atoms with Crippen molar-refractivity contribution in [2.24, 2.45) is 0 Å². The molecular formula is C10H12ClNO. The minimum absolute atomic E-state index is 0.0562. The van der Waals surface area contributed by atoms with Gasteiger partial charge in [-0.2, -0.15) is 0 Å². The second-order valence-electron chi connectivity index (χ2n) is 2.94. The number of carbonyl (C=O) groups is 1. The van der Waals surface area contributed by atoms with Crippen molar-refractivity contribution in [1.29, 1.82) is 0 Å². The van der Waals surface area contributed by atoms with Crippen molar-refractivity contribution < 1.29 is 4.79 Å². The van der Waals surface area contributed by atoms with Gasteiger partial charge < -0.3 is 5.73 Å². The third-order valence-corrected chi connectivity index (χ3v) is 2.30. The summed E-state index contributed by atoms with van der Waals surface area (Å²) in [6, 6.07) is 3.40. The van der Waals surface area contributed by atoms with Crippen molar-refractivity contribution in [2.75, 3.05) is 5.73 Å². The summed E-state index contributed by atoms with van der Waals surface area (Å²) in [5.41, 5.74) is 7.84. The van der Waals surface area contributed by atoms with Crippen LogP contribution >= 0.6 is 11.6 Å². The van der Waals surface area contributed by atoms with Crippen LogP contribution in [0.4, 0.5) is 5.69 Å². The van der Waals surface area contributed by atoms with Gasteiger partial charge in [-0.1, -0.05) is 18.5 Å². The summed E-state index contributed by atoms with van der Waals surface area (Å²) < 4.78 is 0. The lowest BCUT2D eigenvalue weighted by Gasteiger charge is -2.06. The van der Waals surface area contributed by atoms with Gasteiger partial charge in [0.05, 0.1) is 5.02 Å². The Morgan fingerprint density at radius 1 is 1.54 bits per heavy atom. The number of benzene rings is 1. The molecule has 0 amide bonds. The SMILES string of the molecule is CCc1cc(Cl)c(C(C)=O)cc1N. The van der Waals surface area contributed by atoms with Crippen LogP contribution in [0.15, 0.2) is 12.1 Å². The molecule has 0 spiro atoms. The molecule has 70 valence electrons. The minimum Gasteiger partial charge on any atom is -0.398 e. The second kappa shape index (κ2) is 3.79. The number of hydrogen-bond donors (Lipinski definition) is 1. The Labute approximate surface area is 82.7 Å². The van der Waals surface area contributed by atoms with Crippen molar-refractivity contribution in [3.8, 4) is 0 Å². The maximum Gasteiger partial charge on any atom is 0.161 e. The standard InChI is InChI=1S/C10H12ClNO/c1-3-7-4-9(11)8(6(2)13)5-10(7)12/h4-5H,3,12H2,1-2H3. The van der Waals surface area contributed by atoms with Gasteiger partial charge in [0.15, 0.2) is 5.78 Å². The average molecular weight is 198 g/mol. The molecule has 0 aliphatic rings. The van der Waals surface area contributed by atoms with E-state index in [2.05, 4.69) is 0 Å². The number of carbonyl (C=O) groups excluding carboxylic acids is 1. The molecule has 0 aromatic heterocycles. The lowest BCUT2D eigenvalue weighted by Crippen LogP contribution is -1.99. The van der Waals surface area contributed by atoms with Crippen LogP contribution in [0.5, 0.6) is 0 Å². The number of nitrogen functional groups attached to an aromatic ring is 1. The molecule has 0 bridgehead atoms. The number of ketones is 1. The first-order chi connectivity index (χ1) is 6.06. The van der Waals surface area contributed by atoms with E-state index in [1.54, 1.807) is 12.1 Å². The zero-order valence-electron chi connectivity index (χ0n) is 7.73. The first-order valence-electron chi connectivity index (χ1n) is 4.15. The molecule has 1 aromatic carbocycles. The lowest BCUT2D eigenvalue weighted by atomic mass is 10.1. The number of halogens is 1. The zero-order chi connectivity index (χ0) is 10.0. The van der Waals surface area contributed by atoms with Gasteiger partial charge >= 0.3 is 0 Å². The Morgan fingerprint density at radius 3 is 2.62 bits per heavy atom. The molecule has 1 aromatic rings. The summed E-state index contributed by atoms with van der Waals surface area (Å²) in [6.45, 7) is 3.47. The molecular weight excluding hydrogens is 186 g/mol. The van der Waals surface area contributed by atoms with E-state index in [1.807, 2.05) is 6.92 Å². The van der Waals surface area contributed by atoms with E-state index in [4.69, 9.17) is 17.3 Å². The topological polar surface area (TPSA) is 43.1 Å². The van der Waals surface area contributed by atoms with Crippen LogP contribution in [0, 0.1) is 0 Å². The molecule has 2 N–H and O–H groups in total. The zero-order valence-corrected chi connectivity index (χ0v) is 8.48. The van der Waals surface area contributed by atoms with E-state index >= 15 is 0 Å². The highest BCUT2D eigenvalue weighted by Crippen LogP contribution is 2.24. The summed E-state index contributed by atoms with van der Waals surface area (Å²) in [6.07, 6.45) is 0.823. The van der Waals surface area contributed by atoms with Gasteiger partial charge in [-0.15, -0.1) is 0 Å². The molecule has 0 atom stereocenters. The number of nitrogens with two attached hydrogens (primary N) is 1. The Kier molecular flexibility index (Phi) is 2.94. The second-order valence-corrected chi connectivity index (χ2v) is 3.35. The number of anilines is 1. The Morgan fingerprint density at radius 2 is 2.15 bits per heavy atom.